The summed E-state index contributed by atoms with van der Waals surface area (Å²) in [6, 6.07) is 6.72. The summed E-state index contributed by atoms with van der Waals surface area (Å²) in [6.45, 7) is 5.81. The van der Waals surface area contributed by atoms with E-state index >= 15 is 0 Å². The number of nitrogens with zero attached hydrogens (tertiary/aromatic N) is 4. The second kappa shape index (κ2) is 8.92. The van der Waals surface area contributed by atoms with Crippen LogP contribution < -0.4 is 0 Å². The van der Waals surface area contributed by atoms with E-state index in [4.69, 9.17) is 4.74 Å². The maximum absolute atomic E-state index is 13.1. The molecule has 2 aliphatic rings. The van der Waals surface area contributed by atoms with E-state index in [1.165, 1.54) is 29.5 Å². The first-order valence-electron chi connectivity index (χ1n) is 11.0. The zero-order valence-corrected chi connectivity index (χ0v) is 19.7. The summed E-state index contributed by atoms with van der Waals surface area (Å²) >= 11 is 3.26. The third kappa shape index (κ3) is 4.52. The van der Waals surface area contributed by atoms with Gasteiger partial charge in [-0.1, -0.05) is 17.8 Å². The van der Waals surface area contributed by atoms with Gasteiger partial charge in [-0.25, -0.2) is 0 Å². The summed E-state index contributed by atoms with van der Waals surface area (Å²) in [4.78, 5) is 14.4. The number of carbonyl (C=O) groups is 1. The Labute approximate surface area is 191 Å². The number of aryl methyl sites for hydroxylation is 1. The van der Waals surface area contributed by atoms with Crippen molar-refractivity contribution in [1.29, 1.82) is 0 Å². The van der Waals surface area contributed by atoms with Crippen LogP contribution in [0.25, 0.3) is 0 Å². The Morgan fingerprint density at radius 2 is 2.16 bits per heavy atom. The molecule has 8 heteroatoms. The van der Waals surface area contributed by atoms with E-state index in [1.807, 2.05) is 13.0 Å². The third-order valence-corrected chi connectivity index (χ3v) is 8.00. The van der Waals surface area contributed by atoms with Crippen LogP contribution in [0.4, 0.5) is 0 Å². The van der Waals surface area contributed by atoms with E-state index < -0.39 is 0 Å². The summed E-state index contributed by atoms with van der Waals surface area (Å²) in [5.41, 5.74) is 2.99. The first kappa shape index (κ1) is 21.0. The van der Waals surface area contributed by atoms with Crippen molar-refractivity contribution in [3.05, 3.63) is 51.2 Å². The Bertz CT molecular complexity index is 1060. The Hall–Kier alpha value is -1.90. The van der Waals surface area contributed by atoms with Crippen LogP contribution in [0.15, 0.2) is 28.7 Å². The zero-order chi connectivity index (χ0) is 21.4. The molecule has 0 radical (unpaired) electrons. The van der Waals surface area contributed by atoms with Gasteiger partial charge in [0, 0.05) is 47.4 Å². The molecule has 1 aliphatic carbocycles. The lowest BCUT2D eigenvalue weighted by Crippen LogP contribution is -2.17. The van der Waals surface area contributed by atoms with Crippen LogP contribution in [0, 0.1) is 13.8 Å². The maximum Gasteiger partial charge on any atom is 0.191 e. The van der Waals surface area contributed by atoms with Crippen molar-refractivity contribution in [2.75, 3.05) is 12.4 Å². The normalized spacial score (nSPS) is 18.7. The molecule has 0 N–H and O–H groups in total. The van der Waals surface area contributed by atoms with Gasteiger partial charge in [0.15, 0.2) is 10.9 Å². The molecular formula is C23H28N4O2S2. The lowest BCUT2D eigenvalue weighted by atomic mass is 10.2. The molecule has 1 saturated carbocycles. The van der Waals surface area contributed by atoms with Crippen LogP contribution in [-0.2, 0) is 17.7 Å². The van der Waals surface area contributed by atoms with Gasteiger partial charge in [-0.15, -0.1) is 21.5 Å². The second-order valence-electron chi connectivity index (χ2n) is 8.50. The molecule has 6 nitrogen and oxygen atoms in total. The molecule has 1 atom stereocenters. The summed E-state index contributed by atoms with van der Waals surface area (Å²) in [5.74, 6) is 1.55. The number of thioether (sulfide) groups is 1. The highest BCUT2D eigenvalue weighted by atomic mass is 32.2. The summed E-state index contributed by atoms with van der Waals surface area (Å²) in [5, 5.41) is 11.9. The Balaban J connectivity index is 1.28. The number of ketones is 1. The van der Waals surface area contributed by atoms with Gasteiger partial charge in [-0.2, -0.15) is 0 Å². The summed E-state index contributed by atoms with van der Waals surface area (Å²) in [7, 11) is 0. The van der Waals surface area contributed by atoms with Crippen LogP contribution in [0.2, 0.25) is 0 Å². The van der Waals surface area contributed by atoms with E-state index in [-0.39, 0.29) is 11.9 Å². The molecule has 1 aliphatic heterocycles. The van der Waals surface area contributed by atoms with Gasteiger partial charge >= 0.3 is 0 Å². The van der Waals surface area contributed by atoms with E-state index in [1.54, 1.807) is 11.3 Å². The fourth-order valence-electron chi connectivity index (χ4n) is 4.36. The quantitative estimate of drug-likeness (QED) is 0.341. The molecule has 31 heavy (non-hydrogen) atoms. The molecule has 5 rings (SSSR count). The number of thiophene rings is 1. The number of Topliss-reactive ketones (excluding diaryl/α,β-unsaturated/α-hetero) is 1. The van der Waals surface area contributed by atoms with Crippen molar-refractivity contribution in [2.24, 2.45) is 0 Å². The predicted octanol–water partition coefficient (Wildman–Crippen LogP) is 4.84. The lowest BCUT2D eigenvalue weighted by Gasteiger charge is -2.14. The monoisotopic (exact) mass is 456 g/mol. The molecule has 3 aromatic heterocycles. The van der Waals surface area contributed by atoms with Crippen LogP contribution in [0.1, 0.15) is 64.2 Å². The van der Waals surface area contributed by atoms with Gasteiger partial charge in [-0.05, 0) is 57.0 Å². The number of rotatable bonds is 9. The van der Waals surface area contributed by atoms with Crippen LogP contribution in [-0.4, -0.2) is 43.6 Å². The lowest BCUT2D eigenvalue weighted by molar-refractivity contribution is 0.0957. The minimum absolute atomic E-state index is 0.154. The molecular weight excluding hydrogens is 428 g/mol. The fraction of sp³-hybridized carbons (Fsp3) is 0.522. The molecule has 3 aromatic rings. The number of hydrogen-bond acceptors (Lipinski definition) is 6. The van der Waals surface area contributed by atoms with Crippen molar-refractivity contribution in [2.45, 2.75) is 69.8 Å². The van der Waals surface area contributed by atoms with E-state index in [9.17, 15) is 4.79 Å². The summed E-state index contributed by atoms with van der Waals surface area (Å²) < 4.78 is 10.3. The molecule has 0 unspecified atom stereocenters. The molecule has 4 heterocycles. The highest BCUT2D eigenvalue weighted by Crippen LogP contribution is 2.39. The minimum atomic E-state index is 0.154. The highest BCUT2D eigenvalue weighted by molar-refractivity contribution is 7.99. The SMILES string of the molecule is Cc1cc(C(=O)CSc2nnc(Cc3cccs3)n2C2CC2)c(C)n1C[C@@H]1CCCO1. The number of carbonyl (C=O) groups excluding carboxylic acids is 1. The average molecular weight is 457 g/mol. The van der Waals surface area contributed by atoms with Gasteiger partial charge in [0.1, 0.15) is 5.82 Å². The Morgan fingerprint density at radius 1 is 1.29 bits per heavy atom. The van der Waals surface area contributed by atoms with Gasteiger partial charge < -0.3 is 13.9 Å². The van der Waals surface area contributed by atoms with Crippen molar-refractivity contribution >= 4 is 28.9 Å². The third-order valence-electron chi connectivity index (χ3n) is 6.18. The molecule has 2 fully saturated rings. The topological polar surface area (TPSA) is 61.9 Å². The zero-order valence-electron chi connectivity index (χ0n) is 18.0. The first-order chi connectivity index (χ1) is 15.1. The Morgan fingerprint density at radius 3 is 2.87 bits per heavy atom. The Kier molecular flexibility index (Phi) is 6.03. The molecule has 164 valence electrons. The molecule has 0 spiro atoms. The van der Waals surface area contributed by atoms with E-state index in [2.05, 4.69) is 43.8 Å². The van der Waals surface area contributed by atoms with Crippen LogP contribution in [0.3, 0.4) is 0 Å². The molecule has 0 aromatic carbocycles. The number of aromatic nitrogens is 4. The molecule has 0 amide bonds. The number of hydrogen-bond donors (Lipinski definition) is 0. The second-order valence-corrected chi connectivity index (χ2v) is 10.5. The van der Waals surface area contributed by atoms with Gasteiger partial charge in [0.25, 0.3) is 0 Å². The van der Waals surface area contributed by atoms with Crippen molar-refractivity contribution < 1.29 is 9.53 Å². The van der Waals surface area contributed by atoms with Gasteiger partial charge in [0.2, 0.25) is 0 Å². The maximum atomic E-state index is 13.1. The van der Waals surface area contributed by atoms with E-state index in [0.29, 0.717) is 11.8 Å². The first-order valence-corrected chi connectivity index (χ1v) is 12.9. The standard InChI is InChI=1S/C23H28N4O2S2/c1-15-11-20(16(2)26(15)13-18-5-3-9-29-18)21(28)14-31-23-25-24-22(27(23)17-7-8-17)12-19-6-4-10-30-19/h4,6,10-11,17-18H,3,5,7-9,12-14H2,1-2H3/t18-/m0/s1. The van der Waals surface area contributed by atoms with Crippen molar-refractivity contribution in [1.82, 2.24) is 19.3 Å². The van der Waals surface area contributed by atoms with Crippen molar-refractivity contribution in [3.63, 3.8) is 0 Å². The van der Waals surface area contributed by atoms with Crippen LogP contribution >= 0.6 is 23.1 Å². The minimum Gasteiger partial charge on any atom is -0.376 e. The molecule has 1 saturated heterocycles. The van der Waals surface area contributed by atoms with Gasteiger partial charge in [-0.3, -0.25) is 4.79 Å². The summed E-state index contributed by atoms with van der Waals surface area (Å²) in [6.07, 6.45) is 5.63. The van der Waals surface area contributed by atoms with Crippen molar-refractivity contribution in [3.8, 4) is 0 Å². The highest BCUT2D eigenvalue weighted by Gasteiger charge is 2.30. The average Bonchev–Trinajstić information content (AvgIpc) is 3.15. The number of ether oxygens (including phenoxy) is 1. The smallest absolute Gasteiger partial charge is 0.191 e. The predicted molar refractivity (Wildman–Crippen MR) is 123 cm³/mol. The largest absolute Gasteiger partial charge is 0.376 e. The van der Waals surface area contributed by atoms with E-state index in [0.717, 1.165) is 60.3 Å². The fourth-order valence-corrected chi connectivity index (χ4v) is 5.97. The van der Waals surface area contributed by atoms with Gasteiger partial charge in [0.05, 0.1) is 11.9 Å². The van der Waals surface area contributed by atoms with Crippen LogP contribution in [0.5, 0.6) is 0 Å². The molecule has 0 bridgehead atoms.